The van der Waals surface area contributed by atoms with Crippen LogP contribution in [0, 0.1) is 0 Å². The molecule has 0 atom stereocenters. The van der Waals surface area contributed by atoms with E-state index < -0.39 is 0 Å². The maximum absolute atomic E-state index is 12.0. The van der Waals surface area contributed by atoms with Crippen molar-refractivity contribution in [3.63, 3.8) is 0 Å². The molecule has 1 amide bonds. The summed E-state index contributed by atoms with van der Waals surface area (Å²) in [5, 5.41) is 0. The number of benzene rings is 1. The van der Waals surface area contributed by atoms with Gasteiger partial charge in [-0.3, -0.25) is 4.79 Å². The topological polar surface area (TPSA) is 26.8 Å². The van der Waals surface area contributed by atoms with Gasteiger partial charge >= 0.3 is 0 Å². The van der Waals surface area contributed by atoms with Gasteiger partial charge < -0.3 is 14.7 Å². The van der Waals surface area contributed by atoms with Gasteiger partial charge in [-0.25, -0.2) is 0 Å². The Morgan fingerprint density at radius 3 is 2.14 bits per heavy atom. The molecule has 0 N–H and O–H groups in total. The van der Waals surface area contributed by atoms with Crippen molar-refractivity contribution in [3.8, 4) is 0 Å². The molecule has 1 heterocycles. The number of piperazine rings is 1. The van der Waals surface area contributed by atoms with E-state index in [1.165, 1.54) is 11.3 Å². The monoisotopic (exact) mass is 289 g/mol. The summed E-state index contributed by atoms with van der Waals surface area (Å²) < 4.78 is 0. The van der Waals surface area contributed by atoms with E-state index in [1.54, 1.807) is 0 Å². The van der Waals surface area contributed by atoms with Gasteiger partial charge in [0.05, 0.1) is 6.54 Å². The predicted octanol–water partition coefficient (Wildman–Crippen LogP) is 2.02. The molecule has 1 fully saturated rings. The summed E-state index contributed by atoms with van der Waals surface area (Å²) in [7, 11) is 3.87. The first-order chi connectivity index (χ1) is 9.97. The fraction of sp³-hybridized carbons (Fsp3) is 0.588. The molecule has 1 aromatic carbocycles. The second-order valence-electron chi connectivity index (χ2n) is 6.35. The van der Waals surface area contributed by atoms with Crippen LogP contribution in [0.3, 0.4) is 0 Å². The molecule has 1 aliphatic heterocycles. The SMILES string of the molecule is CC(C)c1ccc(N2CCN(C(=O)CN(C)C)CC2)cc1. The molecule has 1 aliphatic rings. The highest BCUT2D eigenvalue weighted by atomic mass is 16.2. The van der Waals surface area contributed by atoms with Gasteiger partial charge in [-0.2, -0.15) is 0 Å². The van der Waals surface area contributed by atoms with Crippen LogP contribution in [0.5, 0.6) is 0 Å². The number of likely N-dealkylation sites (N-methyl/N-ethyl adjacent to an activating group) is 1. The Morgan fingerprint density at radius 2 is 1.67 bits per heavy atom. The van der Waals surface area contributed by atoms with Crippen molar-refractivity contribution in [2.45, 2.75) is 19.8 Å². The van der Waals surface area contributed by atoms with Crippen LogP contribution in [0.25, 0.3) is 0 Å². The molecule has 1 aromatic rings. The van der Waals surface area contributed by atoms with E-state index in [9.17, 15) is 4.79 Å². The summed E-state index contributed by atoms with van der Waals surface area (Å²) in [5.41, 5.74) is 2.64. The minimum absolute atomic E-state index is 0.231. The van der Waals surface area contributed by atoms with Gasteiger partial charge in [-0.1, -0.05) is 26.0 Å². The molecule has 0 aliphatic carbocycles. The molecule has 21 heavy (non-hydrogen) atoms. The van der Waals surface area contributed by atoms with Crippen LogP contribution in [0.2, 0.25) is 0 Å². The lowest BCUT2D eigenvalue weighted by molar-refractivity contribution is -0.132. The third kappa shape index (κ3) is 4.21. The predicted molar refractivity (Wildman–Crippen MR) is 87.9 cm³/mol. The third-order valence-electron chi connectivity index (χ3n) is 4.01. The van der Waals surface area contributed by atoms with Crippen LogP contribution < -0.4 is 4.90 Å². The lowest BCUT2D eigenvalue weighted by Gasteiger charge is -2.36. The largest absolute Gasteiger partial charge is 0.368 e. The highest BCUT2D eigenvalue weighted by Crippen LogP contribution is 2.21. The lowest BCUT2D eigenvalue weighted by Crippen LogP contribution is -2.50. The maximum Gasteiger partial charge on any atom is 0.236 e. The molecule has 0 radical (unpaired) electrons. The smallest absolute Gasteiger partial charge is 0.236 e. The van der Waals surface area contributed by atoms with Gasteiger partial charge in [0.1, 0.15) is 0 Å². The first-order valence-electron chi connectivity index (χ1n) is 7.75. The van der Waals surface area contributed by atoms with Crippen molar-refractivity contribution < 1.29 is 4.79 Å². The molecule has 1 saturated heterocycles. The number of amides is 1. The van der Waals surface area contributed by atoms with Crippen LogP contribution in [0.15, 0.2) is 24.3 Å². The minimum Gasteiger partial charge on any atom is -0.368 e. The first kappa shape index (κ1) is 15.8. The number of hydrogen-bond donors (Lipinski definition) is 0. The van der Waals surface area contributed by atoms with Crippen LogP contribution in [-0.4, -0.2) is 62.5 Å². The molecule has 4 heteroatoms. The van der Waals surface area contributed by atoms with Gasteiger partial charge in [0, 0.05) is 31.9 Å². The Hall–Kier alpha value is -1.55. The van der Waals surface area contributed by atoms with Crippen molar-refractivity contribution >= 4 is 11.6 Å². The molecule has 0 saturated carbocycles. The fourth-order valence-corrected chi connectivity index (χ4v) is 2.65. The van der Waals surface area contributed by atoms with Crippen molar-refractivity contribution in [3.05, 3.63) is 29.8 Å². The summed E-state index contributed by atoms with van der Waals surface area (Å²) in [6, 6.07) is 8.83. The number of carbonyl (C=O) groups excluding carboxylic acids is 1. The van der Waals surface area contributed by atoms with Crippen molar-refractivity contribution in [2.24, 2.45) is 0 Å². The van der Waals surface area contributed by atoms with Gasteiger partial charge in [0.15, 0.2) is 0 Å². The average Bonchev–Trinajstić information content (AvgIpc) is 2.47. The van der Waals surface area contributed by atoms with Gasteiger partial charge in [-0.15, -0.1) is 0 Å². The number of anilines is 1. The summed E-state index contributed by atoms with van der Waals surface area (Å²) >= 11 is 0. The molecule has 0 aromatic heterocycles. The Labute approximate surface area is 128 Å². The number of hydrogen-bond acceptors (Lipinski definition) is 3. The third-order valence-corrected chi connectivity index (χ3v) is 4.01. The van der Waals surface area contributed by atoms with Crippen molar-refractivity contribution in [2.75, 3.05) is 51.7 Å². The Kier molecular flexibility index (Phi) is 5.23. The standard InChI is InChI=1S/C17H27N3O/c1-14(2)15-5-7-16(8-6-15)19-9-11-20(12-10-19)17(21)13-18(3)4/h5-8,14H,9-13H2,1-4H3. The molecule has 0 bridgehead atoms. The molecular weight excluding hydrogens is 262 g/mol. The lowest BCUT2D eigenvalue weighted by atomic mass is 10.0. The normalized spacial score (nSPS) is 15.9. The van der Waals surface area contributed by atoms with Crippen molar-refractivity contribution in [1.82, 2.24) is 9.80 Å². The highest BCUT2D eigenvalue weighted by molar-refractivity contribution is 5.78. The summed E-state index contributed by atoms with van der Waals surface area (Å²) in [6.07, 6.45) is 0. The van der Waals surface area contributed by atoms with Gasteiger partial charge in [0.2, 0.25) is 5.91 Å². The van der Waals surface area contributed by atoms with Gasteiger partial charge in [0.25, 0.3) is 0 Å². The van der Waals surface area contributed by atoms with E-state index >= 15 is 0 Å². The summed E-state index contributed by atoms with van der Waals surface area (Å²) in [5.74, 6) is 0.800. The first-order valence-corrected chi connectivity index (χ1v) is 7.75. The van der Waals surface area contributed by atoms with Crippen LogP contribution in [0.4, 0.5) is 5.69 Å². The van der Waals surface area contributed by atoms with E-state index in [0.717, 1.165) is 26.2 Å². The second-order valence-corrected chi connectivity index (χ2v) is 6.35. The average molecular weight is 289 g/mol. The van der Waals surface area contributed by atoms with Crippen LogP contribution in [0.1, 0.15) is 25.3 Å². The zero-order chi connectivity index (χ0) is 15.4. The molecular formula is C17H27N3O. The summed E-state index contributed by atoms with van der Waals surface area (Å²) in [6.45, 7) is 8.40. The molecule has 0 unspecified atom stereocenters. The van der Waals surface area contributed by atoms with Crippen LogP contribution >= 0.6 is 0 Å². The van der Waals surface area contributed by atoms with Gasteiger partial charge in [-0.05, 0) is 37.7 Å². The fourth-order valence-electron chi connectivity index (χ4n) is 2.65. The maximum atomic E-state index is 12.0. The van der Waals surface area contributed by atoms with E-state index in [4.69, 9.17) is 0 Å². The number of rotatable bonds is 4. The summed E-state index contributed by atoms with van der Waals surface area (Å²) in [4.78, 5) is 18.3. The Morgan fingerprint density at radius 1 is 1.10 bits per heavy atom. The zero-order valence-electron chi connectivity index (χ0n) is 13.7. The van der Waals surface area contributed by atoms with E-state index in [0.29, 0.717) is 12.5 Å². The van der Waals surface area contributed by atoms with E-state index in [-0.39, 0.29) is 5.91 Å². The zero-order valence-corrected chi connectivity index (χ0v) is 13.7. The molecule has 2 rings (SSSR count). The van der Waals surface area contributed by atoms with Crippen LogP contribution in [-0.2, 0) is 4.79 Å². The minimum atomic E-state index is 0.231. The molecule has 116 valence electrons. The van der Waals surface area contributed by atoms with E-state index in [2.05, 4.69) is 43.0 Å². The Bertz CT molecular complexity index is 459. The molecule has 4 nitrogen and oxygen atoms in total. The highest BCUT2D eigenvalue weighted by Gasteiger charge is 2.21. The van der Waals surface area contributed by atoms with Crippen molar-refractivity contribution in [1.29, 1.82) is 0 Å². The quantitative estimate of drug-likeness (QED) is 0.848. The number of nitrogens with zero attached hydrogens (tertiary/aromatic N) is 3. The molecule has 0 spiro atoms. The van der Waals surface area contributed by atoms with E-state index in [1.807, 2.05) is 23.9 Å². The number of carbonyl (C=O) groups is 1. The second kappa shape index (κ2) is 6.94. The Balaban J connectivity index is 1.90.